The van der Waals surface area contributed by atoms with Crippen molar-refractivity contribution in [2.24, 2.45) is 17.8 Å². The average molecular weight is 456 g/mol. The second kappa shape index (κ2) is 9.61. The van der Waals surface area contributed by atoms with E-state index >= 15 is 0 Å². The highest BCUT2D eigenvalue weighted by Gasteiger charge is 2.43. The van der Waals surface area contributed by atoms with E-state index in [-0.39, 0.29) is 5.91 Å². The van der Waals surface area contributed by atoms with Crippen LogP contribution in [0.3, 0.4) is 0 Å². The average Bonchev–Trinajstić information content (AvgIpc) is 3.54. The van der Waals surface area contributed by atoms with Gasteiger partial charge in [-0.2, -0.15) is 0 Å². The lowest BCUT2D eigenvalue weighted by Crippen LogP contribution is -2.42. The van der Waals surface area contributed by atoms with Gasteiger partial charge in [0, 0.05) is 38.4 Å². The third-order valence-corrected chi connectivity index (χ3v) is 7.31. The van der Waals surface area contributed by atoms with Gasteiger partial charge >= 0.3 is 0 Å². The van der Waals surface area contributed by atoms with E-state index in [0.29, 0.717) is 23.9 Å². The van der Waals surface area contributed by atoms with Gasteiger partial charge in [-0.1, -0.05) is 17.7 Å². The van der Waals surface area contributed by atoms with Gasteiger partial charge in [0.1, 0.15) is 0 Å². The molecule has 1 unspecified atom stereocenters. The molecule has 2 aromatic rings. The fraction of sp³-hybridized carbons (Fsp3) is 0.583. The number of anilines is 1. The van der Waals surface area contributed by atoms with Crippen LogP contribution in [0.15, 0.2) is 30.7 Å². The smallest absolute Gasteiger partial charge is 0.227 e. The number of halogens is 1. The molecule has 0 bridgehead atoms. The lowest BCUT2D eigenvalue weighted by atomic mass is 9.90. The van der Waals surface area contributed by atoms with Gasteiger partial charge in [0.2, 0.25) is 17.7 Å². The number of piperidine rings is 1. The minimum absolute atomic E-state index is 0.193. The van der Waals surface area contributed by atoms with Gasteiger partial charge in [-0.3, -0.25) is 4.79 Å². The largest absolute Gasteiger partial charge is 0.478 e. The summed E-state index contributed by atoms with van der Waals surface area (Å²) < 4.78 is 5.87. The Morgan fingerprint density at radius 3 is 2.50 bits per heavy atom. The van der Waals surface area contributed by atoms with E-state index in [9.17, 15) is 4.79 Å². The molecule has 3 aliphatic rings. The summed E-state index contributed by atoms with van der Waals surface area (Å²) in [5.41, 5.74) is 0.951. The zero-order valence-electron chi connectivity index (χ0n) is 18.3. The number of hydrogen-bond donors (Lipinski definition) is 0. The molecule has 170 valence electrons. The maximum absolute atomic E-state index is 12.1. The standard InChI is InChI=1S/C24H30ClN5O2/c25-20-15-27-24(28-16-20)30-9-4-18(5-10-30)21-13-19(21)6-11-32-22-3-2-17(14-26-22)12-23(31)29-7-1-8-29/h2-3,14-16,18-19,21H,1,4-13H2/t19?,21-/m1/s1. The van der Waals surface area contributed by atoms with Crippen molar-refractivity contribution in [3.05, 3.63) is 41.3 Å². The number of carbonyl (C=O) groups is 1. The van der Waals surface area contributed by atoms with Crippen LogP contribution in [0, 0.1) is 17.8 Å². The molecule has 4 heterocycles. The van der Waals surface area contributed by atoms with Crippen molar-refractivity contribution in [1.29, 1.82) is 0 Å². The van der Waals surface area contributed by atoms with Crippen molar-refractivity contribution < 1.29 is 9.53 Å². The molecule has 32 heavy (non-hydrogen) atoms. The molecule has 2 saturated heterocycles. The van der Waals surface area contributed by atoms with Gasteiger partial charge in [-0.15, -0.1) is 0 Å². The number of ether oxygens (including phenoxy) is 1. The molecule has 1 amide bonds. The fourth-order valence-corrected chi connectivity index (χ4v) is 5.04. The molecule has 5 rings (SSSR count). The number of carbonyl (C=O) groups excluding carboxylic acids is 1. The van der Waals surface area contributed by atoms with E-state index in [4.69, 9.17) is 16.3 Å². The van der Waals surface area contributed by atoms with E-state index in [1.54, 1.807) is 18.6 Å². The van der Waals surface area contributed by atoms with Crippen LogP contribution in [-0.4, -0.2) is 58.5 Å². The quantitative estimate of drug-likeness (QED) is 0.605. The second-order valence-electron chi connectivity index (χ2n) is 9.24. The normalized spacial score (nSPS) is 23.0. The summed E-state index contributed by atoms with van der Waals surface area (Å²) in [5.74, 6) is 4.03. The van der Waals surface area contributed by atoms with E-state index in [1.165, 1.54) is 19.3 Å². The molecule has 0 N–H and O–H groups in total. The van der Waals surface area contributed by atoms with Crippen LogP contribution in [0.1, 0.15) is 37.7 Å². The number of hydrogen-bond acceptors (Lipinski definition) is 6. The number of amides is 1. The predicted octanol–water partition coefficient (Wildman–Crippen LogP) is 3.62. The van der Waals surface area contributed by atoms with Crippen LogP contribution in [-0.2, 0) is 11.2 Å². The molecule has 1 aliphatic carbocycles. The highest BCUT2D eigenvalue weighted by atomic mass is 35.5. The monoisotopic (exact) mass is 455 g/mol. The van der Waals surface area contributed by atoms with Crippen molar-refractivity contribution >= 4 is 23.5 Å². The third-order valence-electron chi connectivity index (χ3n) is 7.11. The number of nitrogens with zero attached hydrogens (tertiary/aromatic N) is 5. The van der Waals surface area contributed by atoms with Crippen LogP contribution in [0.2, 0.25) is 5.02 Å². The molecule has 2 aliphatic heterocycles. The Balaban J connectivity index is 0.997. The Morgan fingerprint density at radius 2 is 1.84 bits per heavy atom. The minimum Gasteiger partial charge on any atom is -0.478 e. The summed E-state index contributed by atoms with van der Waals surface area (Å²) in [5, 5.41) is 0.579. The van der Waals surface area contributed by atoms with Gasteiger partial charge in [0.05, 0.1) is 30.4 Å². The fourth-order valence-electron chi connectivity index (χ4n) is 4.94. The summed E-state index contributed by atoms with van der Waals surface area (Å²) in [7, 11) is 0. The Bertz CT molecular complexity index is 911. The number of likely N-dealkylation sites (tertiary alicyclic amines) is 1. The summed E-state index contributed by atoms with van der Waals surface area (Å²) in [6.07, 6.45) is 11.5. The summed E-state index contributed by atoms with van der Waals surface area (Å²) in [6, 6.07) is 3.84. The van der Waals surface area contributed by atoms with Crippen molar-refractivity contribution in [3.63, 3.8) is 0 Å². The van der Waals surface area contributed by atoms with Crippen LogP contribution >= 0.6 is 11.6 Å². The molecular weight excluding hydrogens is 426 g/mol. The third kappa shape index (κ3) is 5.14. The highest BCUT2D eigenvalue weighted by molar-refractivity contribution is 6.30. The zero-order valence-corrected chi connectivity index (χ0v) is 19.1. The van der Waals surface area contributed by atoms with Gasteiger partial charge in [-0.05, 0) is 55.4 Å². The van der Waals surface area contributed by atoms with Gasteiger partial charge in [-0.25, -0.2) is 15.0 Å². The Kier molecular flexibility index (Phi) is 6.44. The summed E-state index contributed by atoms with van der Waals surface area (Å²) in [4.78, 5) is 29.3. The Labute approximate surface area is 194 Å². The van der Waals surface area contributed by atoms with E-state index in [2.05, 4.69) is 19.9 Å². The van der Waals surface area contributed by atoms with Crippen molar-refractivity contribution in [2.75, 3.05) is 37.7 Å². The first-order chi connectivity index (χ1) is 15.7. The van der Waals surface area contributed by atoms with E-state index < -0.39 is 0 Å². The topological polar surface area (TPSA) is 71.5 Å². The first kappa shape index (κ1) is 21.4. The van der Waals surface area contributed by atoms with Gasteiger partial charge in [0.15, 0.2) is 0 Å². The van der Waals surface area contributed by atoms with Crippen LogP contribution in [0.4, 0.5) is 5.95 Å². The van der Waals surface area contributed by atoms with Crippen LogP contribution in [0.25, 0.3) is 0 Å². The first-order valence-corrected chi connectivity index (χ1v) is 12.1. The van der Waals surface area contributed by atoms with E-state index in [0.717, 1.165) is 68.3 Å². The molecule has 8 heteroatoms. The molecule has 0 aromatic carbocycles. The molecule has 7 nitrogen and oxygen atoms in total. The number of aromatic nitrogens is 3. The molecular formula is C24H30ClN5O2. The maximum atomic E-state index is 12.1. The van der Waals surface area contributed by atoms with Gasteiger partial charge in [0.25, 0.3) is 0 Å². The predicted molar refractivity (Wildman–Crippen MR) is 123 cm³/mol. The van der Waals surface area contributed by atoms with E-state index in [1.807, 2.05) is 17.0 Å². The number of rotatable bonds is 8. The molecule has 0 radical (unpaired) electrons. The summed E-state index contributed by atoms with van der Waals surface area (Å²) in [6.45, 7) is 4.53. The first-order valence-electron chi connectivity index (χ1n) is 11.7. The van der Waals surface area contributed by atoms with Crippen molar-refractivity contribution in [2.45, 2.75) is 38.5 Å². The molecule has 1 saturated carbocycles. The zero-order chi connectivity index (χ0) is 21.9. The van der Waals surface area contributed by atoms with Crippen LogP contribution in [0.5, 0.6) is 5.88 Å². The van der Waals surface area contributed by atoms with Crippen molar-refractivity contribution in [1.82, 2.24) is 19.9 Å². The number of pyridine rings is 1. The Morgan fingerprint density at radius 1 is 1.06 bits per heavy atom. The minimum atomic E-state index is 0.193. The van der Waals surface area contributed by atoms with Crippen LogP contribution < -0.4 is 9.64 Å². The molecule has 2 aromatic heterocycles. The molecule has 0 spiro atoms. The molecule has 2 atom stereocenters. The van der Waals surface area contributed by atoms with Gasteiger partial charge < -0.3 is 14.5 Å². The van der Waals surface area contributed by atoms with Crippen molar-refractivity contribution in [3.8, 4) is 5.88 Å². The second-order valence-corrected chi connectivity index (χ2v) is 9.67. The molecule has 3 fully saturated rings. The highest BCUT2D eigenvalue weighted by Crippen LogP contribution is 2.49. The lowest BCUT2D eigenvalue weighted by Gasteiger charge is -2.32. The lowest BCUT2D eigenvalue weighted by molar-refractivity contribution is -0.133. The SMILES string of the molecule is O=C(Cc1ccc(OCCC2C[C@@H]2C2CCN(c3ncc(Cl)cn3)CC2)nc1)N1CCC1. The summed E-state index contributed by atoms with van der Waals surface area (Å²) >= 11 is 5.89. The maximum Gasteiger partial charge on any atom is 0.227 e. The Hall–Kier alpha value is -2.41.